The fourth-order valence-corrected chi connectivity index (χ4v) is 5.48. The van der Waals surface area contributed by atoms with Crippen LogP contribution in [0.2, 0.25) is 0 Å². The van der Waals surface area contributed by atoms with E-state index in [1.807, 2.05) is 0 Å². The number of nitrogens with one attached hydrogen (secondary N) is 2. The van der Waals surface area contributed by atoms with Crippen molar-refractivity contribution in [3.05, 3.63) is 63.1 Å². The predicted octanol–water partition coefficient (Wildman–Crippen LogP) is 4.91. The molecule has 0 saturated carbocycles. The van der Waals surface area contributed by atoms with Crippen LogP contribution in [0.3, 0.4) is 0 Å². The van der Waals surface area contributed by atoms with Crippen LogP contribution in [0.25, 0.3) is 0 Å². The van der Waals surface area contributed by atoms with E-state index in [2.05, 4.69) is 22.6 Å². The van der Waals surface area contributed by atoms with Crippen molar-refractivity contribution >= 4 is 11.6 Å². The van der Waals surface area contributed by atoms with Gasteiger partial charge in [-0.25, -0.2) is 0 Å². The number of nitrogens with zero attached hydrogens (tertiary/aromatic N) is 2. The third-order valence-corrected chi connectivity index (χ3v) is 7.72. The fraction of sp³-hybridized carbons (Fsp3) is 0.571. The Bertz CT molecular complexity index is 1190. The second kappa shape index (κ2) is 11.9. The molecule has 1 amide bonds. The van der Waals surface area contributed by atoms with E-state index < -0.39 is 23.7 Å². The summed E-state index contributed by atoms with van der Waals surface area (Å²) >= 11 is 0. The molecule has 0 bridgehead atoms. The molecule has 2 atom stereocenters. The number of pyridine rings is 1. The first-order chi connectivity index (χ1) is 18.0. The second-order valence-corrected chi connectivity index (χ2v) is 10.5. The van der Waals surface area contributed by atoms with E-state index in [0.717, 1.165) is 38.4 Å². The Labute approximate surface area is 221 Å². The molecule has 10 heteroatoms. The minimum absolute atomic E-state index is 0.0773. The van der Waals surface area contributed by atoms with E-state index in [1.54, 1.807) is 23.8 Å². The van der Waals surface area contributed by atoms with Crippen LogP contribution in [0.15, 0.2) is 35.3 Å². The Morgan fingerprint density at radius 2 is 1.87 bits per heavy atom. The first-order valence-corrected chi connectivity index (χ1v) is 13.3. The number of hydrogen-bond acceptors (Lipinski definition) is 5. The monoisotopic (exact) mass is 534 g/mol. The summed E-state index contributed by atoms with van der Waals surface area (Å²) in [4.78, 5) is 29.0. The summed E-state index contributed by atoms with van der Waals surface area (Å²) in [6.45, 7) is 6.07. The summed E-state index contributed by atoms with van der Waals surface area (Å²) in [5, 5.41) is 6.33. The number of anilines is 1. The van der Waals surface area contributed by atoms with Crippen molar-refractivity contribution < 1.29 is 22.7 Å². The maximum atomic E-state index is 13.6. The van der Waals surface area contributed by atoms with Gasteiger partial charge in [-0.3, -0.25) is 9.59 Å². The van der Waals surface area contributed by atoms with E-state index in [0.29, 0.717) is 42.9 Å². The summed E-state index contributed by atoms with van der Waals surface area (Å²) in [6.07, 6.45) is 1.25. The van der Waals surface area contributed by atoms with Gasteiger partial charge < -0.3 is 24.8 Å². The van der Waals surface area contributed by atoms with Crippen LogP contribution in [0.4, 0.5) is 18.9 Å². The smallest absolute Gasteiger partial charge is 0.381 e. The summed E-state index contributed by atoms with van der Waals surface area (Å²) in [5.41, 5.74) is 0.338. The number of hydrogen-bond donors (Lipinski definition) is 2. The van der Waals surface area contributed by atoms with Crippen LogP contribution in [0.5, 0.6) is 0 Å². The molecule has 2 N–H and O–H groups in total. The molecule has 3 heterocycles. The van der Waals surface area contributed by atoms with Crippen molar-refractivity contribution in [3.63, 3.8) is 0 Å². The summed E-state index contributed by atoms with van der Waals surface area (Å²) in [5.74, 6) is -0.441. The third-order valence-electron chi connectivity index (χ3n) is 7.72. The molecule has 38 heavy (non-hydrogen) atoms. The van der Waals surface area contributed by atoms with Gasteiger partial charge in [0.05, 0.1) is 22.9 Å². The molecule has 0 radical (unpaired) electrons. The van der Waals surface area contributed by atoms with Gasteiger partial charge in [-0.1, -0.05) is 12.1 Å². The molecule has 2 saturated heterocycles. The van der Waals surface area contributed by atoms with Crippen molar-refractivity contribution in [1.29, 1.82) is 0 Å². The molecular formula is C28H37F3N4O3. The number of halogens is 3. The van der Waals surface area contributed by atoms with E-state index >= 15 is 0 Å². The van der Waals surface area contributed by atoms with Crippen LogP contribution in [-0.2, 0) is 10.9 Å². The van der Waals surface area contributed by atoms with Gasteiger partial charge in [0.25, 0.3) is 11.5 Å². The van der Waals surface area contributed by atoms with Gasteiger partial charge in [0.2, 0.25) is 0 Å². The average molecular weight is 535 g/mol. The van der Waals surface area contributed by atoms with Crippen molar-refractivity contribution in [2.75, 3.05) is 38.7 Å². The van der Waals surface area contributed by atoms with Gasteiger partial charge >= 0.3 is 6.18 Å². The summed E-state index contributed by atoms with van der Waals surface area (Å²) < 4.78 is 47.4. The van der Waals surface area contributed by atoms with E-state index in [9.17, 15) is 22.8 Å². The molecule has 2 aliphatic rings. The van der Waals surface area contributed by atoms with Crippen molar-refractivity contribution in [1.82, 2.24) is 14.8 Å². The number of carbonyl (C=O) groups excluding carboxylic acids is 1. The fourth-order valence-electron chi connectivity index (χ4n) is 5.48. The van der Waals surface area contributed by atoms with Crippen LogP contribution in [0, 0.1) is 6.92 Å². The Morgan fingerprint density at radius 3 is 2.58 bits per heavy atom. The standard InChI is InChI=1S/C28H37F3N4O3/c1-18-22(7-4-8-24(18)28(29,30)31)19(2)32-27(37)23-17-35(21-10-14-38-15-11-21)26(36)16-25(23)33-20-6-5-12-34(3)13-9-20/h4,7-8,16-17,19-21,33H,5-6,9-15H2,1-3H3,(H,32,37)/t19?,20-/m1/s1. The molecular weight excluding hydrogens is 497 g/mol. The predicted molar refractivity (Wildman–Crippen MR) is 141 cm³/mol. The number of alkyl halides is 3. The van der Waals surface area contributed by atoms with Gasteiger partial charge in [-0.2, -0.15) is 13.2 Å². The zero-order valence-corrected chi connectivity index (χ0v) is 22.2. The lowest BCUT2D eigenvalue weighted by molar-refractivity contribution is -0.138. The number of aromatic nitrogens is 1. The molecule has 4 rings (SSSR count). The van der Waals surface area contributed by atoms with E-state index in [4.69, 9.17) is 4.74 Å². The molecule has 2 fully saturated rings. The van der Waals surface area contributed by atoms with Gasteiger partial charge in [0.1, 0.15) is 0 Å². The number of rotatable bonds is 6. The Balaban J connectivity index is 1.64. The van der Waals surface area contributed by atoms with Gasteiger partial charge in [0, 0.05) is 37.6 Å². The number of carbonyl (C=O) groups is 1. The number of likely N-dealkylation sites (tertiary alicyclic amines) is 1. The lowest BCUT2D eigenvalue weighted by Gasteiger charge is -2.27. The maximum absolute atomic E-state index is 13.6. The Morgan fingerprint density at radius 1 is 1.13 bits per heavy atom. The number of benzene rings is 1. The third kappa shape index (κ3) is 6.58. The first-order valence-electron chi connectivity index (χ1n) is 13.3. The van der Waals surface area contributed by atoms with Crippen molar-refractivity contribution in [2.45, 2.75) is 70.3 Å². The van der Waals surface area contributed by atoms with Gasteiger partial charge in [0.15, 0.2) is 0 Å². The SMILES string of the molecule is Cc1c(C(C)NC(=O)c2cn(C3CCOCC3)c(=O)cc2N[C@@H]2CCCN(C)CC2)cccc1C(F)(F)F. The van der Waals surface area contributed by atoms with Crippen LogP contribution in [-0.4, -0.2) is 54.8 Å². The zero-order valence-electron chi connectivity index (χ0n) is 22.2. The van der Waals surface area contributed by atoms with Crippen LogP contribution < -0.4 is 16.2 Å². The molecule has 1 aromatic heterocycles. The quantitative estimate of drug-likeness (QED) is 0.551. The number of amides is 1. The molecule has 7 nitrogen and oxygen atoms in total. The highest BCUT2D eigenvalue weighted by Crippen LogP contribution is 2.34. The Hall–Kier alpha value is -2.85. The molecule has 1 aromatic carbocycles. The van der Waals surface area contributed by atoms with Gasteiger partial charge in [-0.05, 0) is 83.3 Å². The minimum atomic E-state index is -4.48. The first kappa shape index (κ1) is 28.2. The minimum Gasteiger partial charge on any atom is -0.381 e. The molecule has 2 aliphatic heterocycles. The largest absolute Gasteiger partial charge is 0.416 e. The molecule has 1 unspecified atom stereocenters. The molecule has 0 spiro atoms. The Kier molecular flexibility index (Phi) is 8.82. The highest BCUT2D eigenvalue weighted by molar-refractivity contribution is 5.99. The molecule has 0 aliphatic carbocycles. The summed E-state index contributed by atoms with van der Waals surface area (Å²) in [6, 6.07) is 4.84. The maximum Gasteiger partial charge on any atom is 0.416 e. The average Bonchev–Trinajstić information content (AvgIpc) is 3.07. The summed E-state index contributed by atoms with van der Waals surface area (Å²) in [7, 11) is 2.08. The second-order valence-electron chi connectivity index (χ2n) is 10.5. The van der Waals surface area contributed by atoms with Crippen molar-refractivity contribution in [2.24, 2.45) is 0 Å². The highest BCUT2D eigenvalue weighted by atomic mass is 19.4. The molecule has 208 valence electrons. The van der Waals surface area contributed by atoms with Crippen LogP contribution >= 0.6 is 0 Å². The van der Waals surface area contributed by atoms with Crippen molar-refractivity contribution in [3.8, 4) is 0 Å². The normalized spacial score (nSPS) is 20.5. The highest BCUT2D eigenvalue weighted by Gasteiger charge is 2.33. The number of ether oxygens (including phenoxy) is 1. The lowest BCUT2D eigenvalue weighted by Crippen LogP contribution is -2.34. The lowest BCUT2D eigenvalue weighted by atomic mass is 9.97. The molecule has 2 aromatic rings. The van der Waals surface area contributed by atoms with E-state index in [-0.39, 0.29) is 23.2 Å². The van der Waals surface area contributed by atoms with Crippen LogP contribution in [0.1, 0.15) is 78.2 Å². The zero-order chi connectivity index (χ0) is 27.4. The van der Waals surface area contributed by atoms with E-state index in [1.165, 1.54) is 19.1 Å². The van der Waals surface area contributed by atoms with Gasteiger partial charge in [-0.15, -0.1) is 0 Å². The topological polar surface area (TPSA) is 75.6 Å².